The molecule has 8 nitrogen and oxygen atoms in total. The third-order valence-corrected chi connectivity index (χ3v) is 6.89. The molecule has 1 N–H and O–H groups in total. The predicted molar refractivity (Wildman–Crippen MR) is 130 cm³/mol. The van der Waals surface area contributed by atoms with Crippen LogP contribution >= 0.6 is 0 Å². The van der Waals surface area contributed by atoms with Crippen LogP contribution < -0.4 is 5.32 Å². The Labute approximate surface area is 202 Å². The normalized spacial score (nSPS) is 18.8. The zero-order chi connectivity index (χ0) is 23.8. The van der Waals surface area contributed by atoms with E-state index in [4.69, 9.17) is 14.5 Å². The number of pyridine rings is 2. The van der Waals surface area contributed by atoms with Gasteiger partial charge in [0.1, 0.15) is 17.3 Å². The van der Waals surface area contributed by atoms with Gasteiger partial charge in [0, 0.05) is 42.0 Å². The summed E-state index contributed by atoms with van der Waals surface area (Å²) < 4.78 is 28.9. The topological polar surface area (TPSA) is 77.3 Å². The Bertz CT molecular complexity index is 1330. The number of hydrogen-bond donors (Lipinski definition) is 1. The first-order chi connectivity index (χ1) is 17.1. The van der Waals surface area contributed by atoms with Gasteiger partial charge < -0.3 is 19.7 Å². The molecule has 0 radical (unpaired) electrons. The molecule has 6 rings (SSSR count). The van der Waals surface area contributed by atoms with Crippen molar-refractivity contribution in [2.24, 2.45) is 5.92 Å². The van der Waals surface area contributed by atoms with Crippen LogP contribution in [0.2, 0.25) is 0 Å². The molecule has 0 bridgehead atoms. The molecule has 4 aromatic rings. The van der Waals surface area contributed by atoms with E-state index < -0.39 is 11.6 Å². The van der Waals surface area contributed by atoms with Gasteiger partial charge in [-0.1, -0.05) is 0 Å². The van der Waals surface area contributed by atoms with Crippen molar-refractivity contribution in [1.29, 1.82) is 0 Å². The molecule has 2 saturated heterocycles. The number of hydrogen-bond acceptors (Lipinski definition) is 7. The quantitative estimate of drug-likeness (QED) is 0.464. The third-order valence-electron chi connectivity index (χ3n) is 6.89. The maximum atomic E-state index is 14.8. The number of nitrogens with one attached hydrogen (secondary N) is 1. The number of piperidine rings is 1. The average molecular weight is 475 g/mol. The van der Waals surface area contributed by atoms with Crippen molar-refractivity contribution in [3.05, 3.63) is 72.6 Å². The number of ether oxygens (including phenoxy) is 2. The largest absolute Gasteiger partial charge is 0.342 e. The third kappa shape index (κ3) is 4.16. The minimum absolute atomic E-state index is 0.243. The van der Waals surface area contributed by atoms with E-state index in [0.29, 0.717) is 30.4 Å². The number of rotatable bonds is 5. The summed E-state index contributed by atoms with van der Waals surface area (Å²) in [6, 6.07) is 12.5. The molecule has 0 spiro atoms. The van der Waals surface area contributed by atoms with Crippen LogP contribution in [-0.4, -0.2) is 58.0 Å². The lowest BCUT2D eigenvalue weighted by Crippen LogP contribution is -2.43. The lowest BCUT2D eigenvalue weighted by molar-refractivity contribution is -0.216. The summed E-state index contributed by atoms with van der Waals surface area (Å²) in [6.45, 7) is 3.14. The fourth-order valence-electron chi connectivity index (χ4n) is 5.00. The van der Waals surface area contributed by atoms with Gasteiger partial charge in [-0.3, -0.25) is 0 Å². The van der Waals surface area contributed by atoms with Crippen LogP contribution in [0.15, 0.2) is 61.1 Å². The van der Waals surface area contributed by atoms with Crippen LogP contribution in [0, 0.1) is 11.7 Å². The SMILES string of the molecule is CN1CCC(C2(c3ccc4cnc(Nc5ccc(-n6cccn6)cc5F)cc4n3)OCCO2)CC1. The van der Waals surface area contributed by atoms with Crippen molar-refractivity contribution in [2.45, 2.75) is 18.6 Å². The number of halogens is 1. The molecule has 2 aliphatic rings. The number of fused-ring (bicyclic) bond motifs is 1. The Morgan fingerprint density at radius 1 is 1.09 bits per heavy atom. The summed E-state index contributed by atoms with van der Waals surface area (Å²) in [5.74, 6) is -0.459. The van der Waals surface area contributed by atoms with Crippen molar-refractivity contribution >= 4 is 22.4 Å². The second-order valence-electron chi connectivity index (χ2n) is 9.14. The molecule has 1 aromatic carbocycles. The van der Waals surface area contributed by atoms with Crippen LogP contribution in [0.3, 0.4) is 0 Å². The second-order valence-corrected chi connectivity index (χ2v) is 9.14. The predicted octanol–water partition coefficient (Wildman–Crippen LogP) is 4.24. The van der Waals surface area contributed by atoms with Crippen molar-refractivity contribution in [1.82, 2.24) is 24.6 Å². The molecular weight excluding hydrogens is 447 g/mol. The molecule has 9 heteroatoms. The van der Waals surface area contributed by atoms with Gasteiger partial charge in [-0.2, -0.15) is 5.10 Å². The maximum absolute atomic E-state index is 14.8. The van der Waals surface area contributed by atoms with E-state index in [2.05, 4.69) is 27.3 Å². The number of likely N-dealkylation sites (tertiary alicyclic amines) is 1. The number of nitrogens with zero attached hydrogens (tertiary/aromatic N) is 5. The highest BCUT2D eigenvalue weighted by Gasteiger charge is 2.48. The lowest BCUT2D eigenvalue weighted by Gasteiger charge is -2.39. The Morgan fingerprint density at radius 3 is 2.66 bits per heavy atom. The highest BCUT2D eigenvalue weighted by Crippen LogP contribution is 2.43. The standard InChI is InChI=1S/C26H27FN6O2/c1-32-11-7-19(8-12-32)26(34-13-14-35-26)24-6-3-18-17-28-25(16-23(18)30-24)31-22-5-4-20(15-21(22)27)33-10-2-9-29-33/h2-6,9-10,15-17,19H,7-8,11-14H2,1H3,(H,28,31). The molecule has 2 aliphatic heterocycles. The molecule has 0 aliphatic carbocycles. The Morgan fingerprint density at radius 2 is 1.91 bits per heavy atom. The molecule has 0 saturated carbocycles. The van der Waals surface area contributed by atoms with Gasteiger partial charge in [0.05, 0.1) is 30.1 Å². The monoisotopic (exact) mass is 474 g/mol. The van der Waals surface area contributed by atoms with Gasteiger partial charge in [-0.05, 0) is 63.3 Å². The van der Waals surface area contributed by atoms with Gasteiger partial charge in [0.25, 0.3) is 0 Å². The number of benzene rings is 1. The molecule has 0 unspecified atom stereocenters. The molecular formula is C26H27FN6O2. The Kier molecular flexibility index (Phi) is 5.68. The number of aromatic nitrogens is 4. The summed E-state index contributed by atoms with van der Waals surface area (Å²) in [7, 11) is 2.14. The van der Waals surface area contributed by atoms with Crippen molar-refractivity contribution in [2.75, 3.05) is 38.7 Å². The minimum atomic E-state index is -0.819. The van der Waals surface area contributed by atoms with Gasteiger partial charge in [0.15, 0.2) is 0 Å². The van der Waals surface area contributed by atoms with Gasteiger partial charge in [-0.15, -0.1) is 0 Å². The van der Waals surface area contributed by atoms with Gasteiger partial charge in [0.2, 0.25) is 5.79 Å². The summed E-state index contributed by atoms with van der Waals surface area (Å²) in [6.07, 6.45) is 7.15. The summed E-state index contributed by atoms with van der Waals surface area (Å²) in [4.78, 5) is 11.7. The highest BCUT2D eigenvalue weighted by molar-refractivity contribution is 5.81. The van der Waals surface area contributed by atoms with Crippen LogP contribution in [-0.2, 0) is 15.3 Å². The molecule has 180 valence electrons. The molecule has 0 amide bonds. The van der Waals surface area contributed by atoms with Crippen molar-refractivity contribution in [3.63, 3.8) is 0 Å². The molecule has 5 heterocycles. The van der Waals surface area contributed by atoms with E-state index in [1.165, 1.54) is 6.07 Å². The Hall–Kier alpha value is -3.40. The summed E-state index contributed by atoms with van der Waals surface area (Å²) >= 11 is 0. The molecule has 0 atom stereocenters. The van der Waals surface area contributed by atoms with E-state index in [1.54, 1.807) is 41.5 Å². The van der Waals surface area contributed by atoms with E-state index in [0.717, 1.165) is 42.5 Å². The molecule has 3 aromatic heterocycles. The molecule has 35 heavy (non-hydrogen) atoms. The first-order valence-electron chi connectivity index (χ1n) is 11.9. The van der Waals surface area contributed by atoms with Crippen molar-refractivity contribution < 1.29 is 13.9 Å². The Balaban J connectivity index is 1.29. The summed E-state index contributed by atoms with van der Waals surface area (Å²) in [5.41, 5.74) is 2.50. The van der Waals surface area contributed by atoms with Crippen LogP contribution in [0.25, 0.3) is 16.6 Å². The first-order valence-corrected chi connectivity index (χ1v) is 11.9. The fraction of sp³-hybridized carbons (Fsp3) is 0.346. The lowest BCUT2D eigenvalue weighted by atomic mass is 9.86. The van der Waals surface area contributed by atoms with E-state index in [1.807, 2.05) is 18.2 Å². The summed E-state index contributed by atoms with van der Waals surface area (Å²) in [5, 5.41) is 8.12. The van der Waals surface area contributed by atoms with Gasteiger partial charge >= 0.3 is 0 Å². The van der Waals surface area contributed by atoms with Crippen molar-refractivity contribution in [3.8, 4) is 5.69 Å². The fourth-order valence-corrected chi connectivity index (χ4v) is 5.00. The molecule has 2 fully saturated rings. The average Bonchev–Trinajstić information content (AvgIpc) is 3.59. The van der Waals surface area contributed by atoms with Crippen LogP contribution in [0.1, 0.15) is 18.5 Å². The van der Waals surface area contributed by atoms with E-state index >= 15 is 0 Å². The van der Waals surface area contributed by atoms with Gasteiger partial charge in [-0.25, -0.2) is 19.0 Å². The van der Waals surface area contributed by atoms with E-state index in [9.17, 15) is 4.39 Å². The smallest absolute Gasteiger partial charge is 0.215 e. The van der Waals surface area contributed by atoms with E-state index in [-0.39, 0.29) is 5.92 Å². The second kappa shape index (κ2) is 8.99. The zero-order valence-corrected chi connectivity index (χ0v) is 19.5. The first kappa shape index (κ1) is 22.1. The van der Waals surface area contributed by atoms with Crippen LogP contribution in [0.4, 0.5) is 15.9 Å². The zero-order valence-electron chi connectivity index (χ0n) is 19.5. The van der Waals surface area contributed by atoms with Crippen LogP contribution in [0.5, 0.6) is 0 Å². The number of anilines is 2. The minimum Gasteiger partial charge on any atom is -0.342 e. The maximum Gasteiger partial charge on any atom is 0.215 e. The highest BCUT2D eigenvalue weighted by atomic mass is 19.1.